The molecule has 2 aromatic rings. The normalized spacial score (nSPS) is 15.3. The molecule has 4 nitrogen and oxygen atoms in total. The van der Waals surface area contributed by atoms with Crippen molar-refractivity contribution in [1.82, 2.24) is 0 Å². The number of hydrogen-bond donors (Lipinski definition) is 2. The van der Waals surface area contributed by atoms with Crippen LogP contribution in [-0.4, -0.2) is 25.0 Å². The highest BCUT2D eigenvalue weighted by atomic mass is 35.5. The summed E-state index contributed by atoms with van der Waals surface area (Å²) >= 11 is 0. The molecule has 1 unspecified atom stereocenters. The fourth-order valence-corrected chi connectivity index (χ4v) is 3.24. The Morgan fingerprint density at radius 3 is 2.44 bits per heavy atom. The van der Waals surface area contributed by atoms with Crippen molar-refractivity contribution in [3.05, 3.63) is 60.2 Å². The van der Waals surface area contributed by atoms with Gasteiger partial charge < -0.3 is 16.0 Å². The summed E-state index contributed by atoms with van der Waals surface area (Å²) < 4.78 is 0. The van der Waals surface area contributed by atoms with Gasteiger partial charge in [0.25, 0.3) is 0 Å². The average Bonchev–Trinajstić information content (AvgIpc) is 2.63. The largest absolute Gasteiger partial charge is 0.371 e. The van der Waals surface area contributed by atoms with Crippen molar-refractivity contribution < 1.29 is 4.79 Å². The molecule has 1 aliphatic rings. The van der Waals surface area contributed by atoms with E-state index in [1.807, 2.05) is 48.5 Å². The van der Waals surface area contributed by atoms with E-state index in [0.29, 0.717) is 6.42 Å². The fourth-order valence-electron chi connectivity index (χ4n) is 3.24. The van der Waals surface area contributed by atoms with Gasteiger partial charge in [0.05, 0.1) is 6.04 Å². The van der Waals surface area contributed by atoms with Crippen LogP contribution in [0.1, 0.15) is 25.3 Å². The Balaban J connectivity index is 0.00000182. The van der Waals surface area contributed by atoms with E-state index in [1.165, 1.54) is 18.5 Å². The Hall–Kier alpha value is -1.75. The topological polar surface area (TPSA) is 58.4 Å². The van der Waals surface area contributed by atoms with Crippen LogP contribution in [-0.2, 0) is 11.2 Å². The van der Waals surface area contributed by atoms with Gasteiger partial charge in [-0.05, 0) is 48.9 Å². The maximum Gasteiger partial charge on any atom is 0.241 e. The Labute approximate surface area is 174 Å². The highest BCUT2D eigenvalue weighted by molar-refractivity contribution is 5.95. The summed E-state index contributed by atoms with van der Waals surface area (Å²) in [5.74, 6) is 0.656. The maximum absolute atomic E-state index is 12.4. The molecule has 1 atom stereocenters. The van der Waals surface area contributed by atoms with Crippen molar-refractivity contribution in [3.8, 4) is 0 Å². The van der Waals surface area contributed by atoms with Gasteiger partial charge in [-0.3, -0.25) is 4.79 Å². The smallest absolute Gasteiger partial charge is 0.241 e. The second-order valence-electron chi connectivity index (χ2n) is 7.01. The van der Waals surface area contributed by atoms with Crippen LogP contribution in [0, 0.1) is 5.92 Å². The van der Waals surface area contributed by atoms with E-state index in [4.69, 9.17) is 5.73 Å². The van der Waals surface area contributed by atoms with Gasteiger partial charge in [-0.15, -0.1) is 24.8 Å². The minimum Gasteiger partial charge on any atom is -0.371 e. The highest BCUT2D eigenvalue weighted by Gasteiger charge is 2.17. The van der Waals surface area contributed by atoms with Crippen LogP contribution in [0.2, 0.25) is 0 Å². The number of nitrogens with zero attached hydrogens (tertiary/aromatic N) is 1. The summed E-state index contributed by atoms with van der Waals surface area (Å²) in [6.07, 6.45) is 2.98. The zero-order valence-corrected chi connectivity index (χ0v) is 17.3. The first kappa shape index (κ1) is 23.3. The van der Waals surface area contributed by atoms with Crippen molar-refractivity contribution in [1.29, 1.82) is 0 Å². The van der Waals surface area contributed by atoms with Gasteiger partial charge in [-0.1, -0.05) is 43.3 Å². The van der Waals surface area contributed by atoms with Crippen LogP contribution in [0.5, 0.6) is 0 Å². The van der Waals surface area contributed by atoms with Crippen molar-refractivity contribution >= 4 is 42.1 Å². The summed E-state index contributed by atoms with van der Waals surface area (Å²) in [5, 5.41) is 2.96. The predicted octanol–water partition coefficient (Wildman–Crippen LogP) is 4.28. The second kappa shape index (κ2) is 11.2. The van der Waals surface area contributed by atoms with E-state index in [-0.39, 0.29) is 30.7 Å². The molecule has 1 fully saturated rings. The van der Waals surface area contributed by atoms with Crippen LogP contribution in [0.25, 0.3) is 0 Å². The molecule has 0 spiro atoms. The Morgan fingerprint density at radius 2 is 1.78 bits per heavy atom. The molecule has 0 aliphatic carbocycles. The van der Waals surface area contributed by atoms with Crippen LogP contribution in [0.15, 0.2) is 54.6 Å². The van der Waals surface area contributed by atoms with Crippen LogP contribution in [0.4, 0.5) is 11.4 Å². The van der Waals surface area contributed by atoms with Crippen molar-refractivity contribution in [2.24, 2.45) is 11.7 Å². The van der Waals surface area contributed by atoms with E-state index in [2.05, 4.69) is 23.2 Å². The number of amides is 1. The molecule has 148 valence electrons. The molecule has 27 heavy (non-hydrogen) atoms. The van der Waals surface area contributed by atoms with E-state index < -0.39 is 6.04 Å². The van der Waals surface area contributed by atoms with E-state index in [0.717, 1.165) is 30.3 Å². The third kappa shape index (κ3) is 6.73. The number of anilines is 2. The molecule has 0 radical (unpaired) electrons. The van der Waals surface area contributed by atoms with Crippen molar-refractivity contribution in [3.63, 3.8) is 0 Å². The van der Waals surface area contributed by atoms with Crippen molar-refractivity contribution in [2.45, 2.75) is 32.2 Å². The van der Waals surface area contributed by atoms with Crippen LogP contribution < -0.4 is 16.0 Å². The van der Waals surface area contributed by atoms with Gasteiger partial charge in [-0.2, -0.15) is 0 Å². The van der Waals surface area contributed by atoms with E-state index >= 15 is 0 Å². The lowest BCUT2D eigenvalue weighted by Gasteiger charge is -2.32. The molecular weight excluding hydrogens is 381 g/mol. The summed E-state index contributed by atoms with van der Waals surface area (Å²) in [4.78, 5) is 14.8. The number of piperidine rings is 1. The zero-order chi connectivity index (χ0) is 17.6. The number of rotatable bonds is 5. The number of hydrogen-bond acceptors (Lipinski definition) is 3. The molecule has 3 N–H and O–H groups in total. The molecule has 1 heterocycles. The highest BCUT2D eigenvalue weighted by Crippen LogP contribution is 2.25. The number of halogens is 2. The van der Waals surface area contributed by atoms with Gasteiger partial charge in [0, 0.05) is 24.5 Å². The molecule has 1 amide bonds. The first-order valence-corrected chi connectivity index (χ1v) is 9.07. The summed E-state index contributed by atoms with van der Waals surface area (Å²) in [5.41, 5.74) is 9.12. The van der Waals surface area contributed by atoms with Gasteiger partial charge in [0.15, 0.2) is 0 Å². The zero-order valence-electron chi connectivity index (χ0n) is 15.6. The Bertz CT molecular complexity index is 704. The SMILES string of the molecule is CC1CCN(c2cccc(NC(=O)C(N)Cc3ccccc3)c2)CC1.Cl.Cl. The molecule has 0 bridgehead atoms. The monoisotopic (exact) mass is 409 g/mol. The van der Waals surface area contributed by atoms with Crippen LogP contribution in [0.3, 0.4) is 0 Å². The molecule has 1 aliphatic heterocycles. The predicted molar refractivity (Wildman–Crippen MR) is 118 cm³/mol. The van der Waals surface area contributed by atoms with E-state index in [9.17, 15) is 4.79 Å². The second-order valence-corrected chi connectivity index (χ2v) is 7.01. The quantitative estimate of drug-likeness (QED) is 0.774. The third-order valence-corrected chi connectivity index (χ3v) is 4.90. The standard InChI is InChI=1S/C21H27N3O.2ClH/c1-16-10-12-24(13-11-16)19-9-5-8-18(15-19)23-21(25)20(22)14-17-6-3-2-4-7-17;;/h2-9,15-16,20H,10-14,22H2,1H3,(H,23,25);2*1H. The van der Waals surface area contributed by atoms with Gasteiger partial charge in [0.2, 0.25) is 5.91 Å². The number of nitrogens with two attached hydrogens (primary N) is 1. The molecule has 6 heteroatoms. The molecule has 3 rings (SSSR count). The van der Waals surface area contributed by atoms with Gasteiger partial charge in [-0.25, -0.2) is 0 Å². The lowest BCUT2D eigenvalue weighted by Crippen LogP contribution is -2.37. The molecule has 1 saturated heterocycles. The molecule has 0 saturated carbocycles. The number of nitrogens with one attached hydrogen (secondary N) is 1. The third-order valence-electron chi connectivity index (χ3n) is 4.90. The summed E-state index contributed by atoms with van der Waals surface area (Å²) in [6, 6.07) is 17.4. The fraction of sp³-hybridized carbons (Fsp3) is 0.381. The van der Waals surface area contributed by atoms with Crippen molar-refractivity contribution in [2.75, 3.05) is 23.3 Å². The number of carbonyl (C=O) groups excluding carboxylic acids is 1. The van der Waals surface area contributed by atoms with E-state index in [1.54, 1.807) is 0 Å². The average molecular weight is 410 g/mol. The maximum atomic E-state index is 12.4. The van der Waals surface area contributed by atoms with Crippen LogP contribution >= 0.6 is 24.8 Å². The lowest BCUT2D eigenvalue weighted by molar-refractivity contribution is -0.117. The molecular formula is C21H29Cl2N3O. The van der Waals surface area contributed by atoms with Gasteiger partial charge >= 0.3 is 0 Å². The summed E-state index contributed by atoms with van der Waals surface area (Å²) in [7, 11) is 0. The molecule has 2 aromatic carbocycles. The first-order valence-electron chi connectivity index (χ1n) is 9.07. The first-order chi connectivity index (χ1) is 12.1. The number of carbonyl (C=O) groups is 1. The summed E-state index contributed by atoms with van der Waals surface area (Å²) in [6.45, 7) is 4.46. The number of benzene rings is 2. The Morgan fingerprint density at radius 1 is 1.11 bits per heavy atom. The van der Waals surface area contributed by atoms with Gasteiger partial charge in [0.1, 0.15) is 0 Å². The Kier molecular flexibility index (Phi) is 9.64. The molecule has 0 aromatic heterocycles. The minimum atomic E-state index is -0.554. The minimum absolute atomic E-state index is 0. The lowest BCUT2D eigenvalue weighted by atomic mass is 9.99.